The molecular formula is C12H23N3OS. The number of rotatable bonds is 3. The highest BCUT2D eigenvalue weighted by Gasteiger charge is 2.18. The molecule has 1 amide bonds. The molecule has 0 spiro atoms. The number of carbonyl (C=O) groups is 1. The molecule has 5 heteroatoms. The van der Waals surface area contributed by atoms with Gasteiger partial charge in [0.1, 0.15) is 0 Å². The zero-order chi connectivity index (χ0) is 11.9. The van der Waals surface area contributed by atoms with Gasteiger partial charge in [0.15, 0.2) is 0 Å². The van der Waals surface area contributed by atoms with Gasteiger partial charge in [-0.1, -0.05) is 0 Å². The van der Waals surface area contributed by atoms with Crippen LogP contribution < -0.4 is 10.6 Å². The Balaban J connectivity index is 1.68. The number of piperidine rings is 1. The number of hydrogen-bond acceptors (Lipinski definition) is 4. The van der Waals surface area contributed by atoms with Gasteiger partial charge in [-0.2, -0.15) is 0 Å². The fraction of sp³-hybridized carbons (Fsp3) is 0.917. The number of nitrogens with one attached hydrogen (secondary N) is 2. The van der Waals surface area contributed by atoms with E-state index < -0.39 is 0 Å². The lowest BCUT2D eigenvalue weighted by atomic mass is 10.2. The molecule has 2 rings (SSSR count). The molecule has 2 aliphatic rings. The van der Waals surface area contributed by atoms with Crippen molar-refractivity contribution in [1.82, 2.24) is 15.5 Å². The van der Waals surface area contributed by atoms with Crippen molar-refractivity contribution in [2.45, 2.75) is 24.5 Å². The topological polar surface area (TPSA) is 44.4 Å². The van der Waals surface area contributed by atoms with Gasteiger partial charge in [0.05, 0.1) is 5.75 Å². The molecule has 0 aromatic rings. The standard InChI is InChI=1S/C12H23N3OS/c16-12(15-8-1-4-13-7-9-15)10-17-11-2-5-14-6-3-11/h11,13-14H,1-10H2. The molecule has 0 radical (unpaired) electrons. The highest BCUT2D eigenvalue weighted by Crippen LogP contribution is 2.20. The molecule has 17 heavy (non-hydrogen) atoms. The maximum Gasteiger partial charge on any atom is 0.232 e. The molecule has 4 nitrogen and oxygen atoms in total. The fourth-order valence-electron chi connectivity index (χ4n) is 2.34. The number of nitrogens with zero attached hydrogens (tertiary/aromatic N) is 1. The van der Waals surface area contributed by atoms with E-state index >= 15 is 0 Å². The number of hydrogen-bond donors (Lipinski definition) is 2. The first-order chi connectivity index (χ1) is 8.36. The molecule has 0 atom stereocenters. The minimum atomic E-state index is 0.331. The Morgan fingerprint density at radius 2 is 1.88 bits per heavy atom. The normalized spacial score (nSPS) is 23.4. The van der Waals surface area contributed by atoms with Gasteiger partial charge in [-0.05, 0) is 38.9 Å². The summed E-state index contributed by atoms with van der Waals surface area (Å²) >= 11 is 1.85. The minimum absolute atomic E-state index is 0.331. The van der Waals surface area contributed by atoms with Crippen molar-refractivity contribution in [3.05, 3.63) is 0 Å². The van der Waals surface area contributed by atoms with Crippen LogP contribution in [0.25, 0.3) is 0 Å². The molecule has 0 saturated carbocycles. The van der Waals surface area contributed by atoms with Gasteiger partial charge in [0, 0.05) is 24.9 Å². The maximum absolute atomic E-state index is 12.1. The number of carbonyl (C=O) groups excluding carboxylic acids is 1. The van der Waals surface area contributed by atoms with E-state index in [1.165, 1.54) is 12.8 Å². The molecule has 0 aliphatic carbocycles. The van der Waals surface area contributed by atoms with Gasteiger partial charge >= 0.3 is 0 Å². The summed E-state index contributed by atoms with van der Waals surface area (Å²) in [5, 5.41) is 7.37. The predicted octanol–water partition coefficient (Wildman–Crippen LogP) is 0.294. The lowest BCUT2D eigenvalue weighted by molar-refractivity contribution is -0.128. The van der Waals surface area contributed by atoms with Crippen molar-refractivity contribution >= 4 is 17.7 Å². The van der Waals surface area contributed by atoms with Crippen LogP contribution in [0.1, 0.15) is 19.3 Å². The van der Waals surface area contributed by atoms with Crippen LogP contribution in [0.2, 0.25) is 0 Å². The van der Waals surface area contributed by atoms with Crippen LogP contribution in [-0.4, -0.2) is 61.1 Å². The Kier molecular flexibility index (Phi) is 5.61. The molecule has 2 saturated heterocycles. The summed E-state index contributed by atoms with van der Waals surface area (Å²) in [6.45, 7) is 6.03. The zero-order valence-corrected chi connectivity index (χ0v) is 11.2. The van der Waals surface area contributed by atoms with Crippen molar-refractivity contribution in [2.24, 2.45) is 0 Å². The summed E-state index contributed by atoms with van der Waals surface area (Å²) in [5.41, 5.74) is 0. The Bertz CT molecular complexity index is 236. The largest absolute Gasteiger partial charge is 0.341 e. The molecule has 2 heterocycles. The molecule has 2 N–H and O–H groups in total. The first-order valence-electron chi connectivity index (χ1n) is 6.67. The van der Waals surface area contributed by atoms with Gasteiger partial charge in [0.2, 0.25) is 5.91 Å². The maximum atomic E-state index is 12.1. The number of thioether (sulfide) groups is 1. The highest BCUT2D eigenvalue weighted by molar-refractivity contribution is 8.00. The van der Waals surface area contributed by atoms with Crippen molar-refractivity contribution in [2.75, 3.05) is 45.0 Å². The van der Waals surface area contributed by atoms with Crippen molar-refractivity contribution < 1.29 is 4.79 Å². The van der Waals surface area contributed by atoms with Gasteiger partial charge in [-0.15, -0.1) is 11.8 Å². The average Bonchev–Trinajstić information content (AvgIpc) is 2.66. The second-order valence-electron chi connectivity index (χ2n) is 4.74. The van der Waals surface area contributed by atoms with E-state index in [1.54, 1.807) is 0 Å². The molecule has 98 valence electrons. The quantitative estimate of drug-likeness (QED) is 0.763. The summed E-state index contributed by atoms with van der Waals surface area (Å²) in [6.07, 6.45) is 3.50. The predicted molar refractivity (Wildman–Crippen MR) is 72.4 cm³/mol. The molecule has 2 aliphatic heterocycles. The molecule has 2 fully saturated rings. The highest BCUT2D eigenvalue weighted by atomic mass is 32.2. The van der Waals surface area contributed by atoms with Crippen LogP contribution >= 0.6 is 11.8 Å². The van der Waals surface area contributed by atoms with Crippen LogP contribution in [0, 0.1) is 0 Å². The zero-order valence-electron chi connectivity index (χ0n) is 10.4. The summed E-state index contributed by atoms with van der Waals surface area (Å²) in [5.74, 6) is 1.00. The fourth-order valence-corrected chi connectivity index (χ4v) is 3.47. The third-order valence-electron chi connectivity index (χ3n) is 3.42. The lowest BCUT2D eigenvalue weighted by Crippen LogP contribution is -2.36. The SMILES string of the molecule is O=C(CSC1CCNCC1)N1CCCNCC1. The van der Waals surface area contributed by atoms with E-state index in [4.69, 9.17) is 0 Å². The first kappa shape index (κ1) is 13.2. The first-order valence-corrected chi connectivity index (χ1v) is 7.72. The summed E-state index contributed by atoms with van der Waals surface area (Å²) in [6, 6.07) is 0. The third-order valence-corrected chi connectivity index (χ3v) is 4.78. The van der Waals surface area contributed by atoms with Crippen LogP contribution in [0.3, 0.4) is 0 Å². The van der Waals surface area contributed by atoms with Gasteiger partial charge in [0.25, 0.3) is 0 Å². The van der Waals surface area contributed by atoms with Gasteiger partial charge in [-0.25, -0.2) is 0 Å². The van der Waals surface area contributed by atoms with E-state index in [1.807, 2.05) is 16.7 Å². The monoisotopic (exact) mass is 257 g/mol. The van der Waals surface area contributed by atoms with E-state index in [0.717, 1.165) is 45.7 Å². The summed E-state index contributed by atoms with van der Waals surface area (Å²) < 4.78 is 0. The van der Waals surface area contributed by atoms with Crippen LogP contribution in [0.15, 0.2) is 0 Å². The van der Waals surface area contributed by atoms with E-state index in [0.29, 0.717) is 16.9 Å². The van der Waals surface area contributed by atoms with Crippen LogP contribution in [0.5, 0.6) is 0 Å². The smallest absolute Gasteiger partial charge is 0.232 e. The second-order valence-corrected chi connectivity index (χ2v) is 6.03. The van der Waals surface area contributed by atoms with Gasteiger partial charge < -0.3 is 15.5 Å². The van der Waals surface area contributed by atoms with E-state index in [-0.39, 0.29) is 0 Å². The average molecular weight is 257 g/mol. The van der Waals surface area contributed by atoms with Crippen molar-refractivity contribution in [1.29, 1.82) is 0 Å². The lowest BCUT2D eigenvalue weighted by Gasteiger charge is -2.24. The third kappa shape index (κ3) is 4.48. The Hall–Kier alpha value is -0.260. The second kappa shape index (κ2) is 7.24. The number of amides is 1. The molecular weight excluding hydrogens is 234 g/mol. The molecule has 0 aromatic heterocycles. The van der Waals surface area contributed by atoms with E-state index in [9.17, 15) is 4.79 Å². The van der Waals surface area contributed by atoms with E-state index in [2.05, 4.69) is 10.6 Å². The van der Waals surface area contributed by atoms with Gasteiger partial charge in [-0.3, -0.25) is 4.79 Å². The van der Waals surface area contributed by atoms with Crippen LogP contribution in [0.4, 0.5) is 0 Å². The molecule has 0 unspecified atom stereocenters. The molecule has 0 aromatic carbocycles. The summed E-state index contributed by atoms with van der Waals surface area (Å²) in [4.78, 5) is 14.1. The Labute approximate surface area is 108 Å². The minimum Gasteiger partial charge on any atom is -0.341 e. The van der Waals surface area contributed by atoms with Crippen molar-refractivity contribution in [3.8, 4) is 0 Å². The Morgan fingerprint density at radius 1 is 1.12 bits per heavy atom. The summed E-state index contributed by atoms with van der Waals surface area (Å²) in [7, 11) is 0. The molecule has 0 bridgehead atoms. The van der Waals surface area contributed by atoms with Crippen LogP contribution in [-0.2, 0) is 4.79 Å². The van der Waals surface area contributed by atoms with Crippen molar-refractivity contribution in [3.63, 3.8) is 0 Å². The Morgan fingerprint density at radius 3 is 2.71 bits per heavy atom.